The maximum atomic E-state index is 2.44. The molecule has 0 amide bonds. The molecule has 0 bridgehead atoms. The molecule has 3 aromatic heterocycles. The quantitative estimate of drug-likeness (QED) is 0.194. The highest BCUT2D eigenvalue weighted by molar-refractivity contribution is 7.26. The van der Waals surface area contributed by atoms with Crippen LogP contribution in [0, 0.1) is 0 Å². The Kier molecular flexibility index (Phi) is 5.19. The van der Waals surface area contributed by atoms with Crippen LogP contribution in [0.2, 0.25) is 0 Å². The zero-order chi connectivity index (χ0) is 29.5. The van der Waals surface area contributed by atoms with Gasteiger partial charge in [0.05, 0.1) is 22.1 Å². The molecule has 0 aliphatic heterocycles. The average molecular weight is 591 g/mol. The zero-order valence-electron chi connectivity index (χ0n) is 24.3. The van der Waals surface area contributed by atoms with Crippen molar-refractivity contribution in [3.05, 3.63) is 158 Å². The Morgan fingerprint density at radius 2 is 0.778 bits per heavy atom. The molecule has 0 spiro atoms. The summed E-state index contributed by atoms with van der Waals surface area (Å²) in [5.41, 5.74) is 9.63. The minimum atomic E-state index is 1.15. The molecule has 0 atom stereocenters. The van der Waals surface area contributed by atoms with E-state index in [1.807, 2.05) is 11.3 Å². The van der Waals surface area contributed by atoms with E-state index in [0.29, 0.717) is 0 Å². The Morgan fingerprint density at radius 1 is 0.356 bits per heavy atom. The summed E-state index contributed by atoms with van der Waals surface area (Å²) >= 11 is 1.89. The number of benzene rings is 7. The summed E-state index contributed by atoms with van der Waals surface area (Å²) in [4.78, 5) is 0. The monoisotopic (exact) mass is 590 g/mol. The van der Waals surface area contributed by atoms with Gasteiger partial charge in [0.1, 0.15) is 0 Å². The number of aromatic nitrogens is 2. The third-order valence-corrected chi connectivity index (χ3v) is 10.5. The topological polar surface area (TPSA) is 9.86 Å². The molecule has 0 aliphatic rings. The van der Waals surface area contributed by atoms with Gasteiger partial charge in [0.2, 0.25) is 0 Å². The number of thiophene rings is 1. The molecule has 0 unspecified atom stereocenters. The molecule has 0 fully saturated rings. The molecule has 0 aliphatic carbocycles. The Balaban J connectivity index is 1.35. The first-order valence-electron chi connectivity index (χ1n) is 15.4. The van der Waals surface area contributed by atoms with Crippen LogP contribution in [0.5, 0.6) is 0 Å². The van der Waals surface area contributed by atoms with Gasteiger partial charge in [-0.05, 0) is 59.7 Å². The second-order valence-corrected chi connectivity index (χ2v) is 12.8. The van der Waals surface area contributed by atoms with Gasteiger partial charge in [0, 0.05) is 53.1 Å². The van der Waals surface area contributed by atoms with Crippen LogP contribution in [0.15, 0.2) is 158 Å². The van der Waals surface area contributed by atoms with E-state index in [-0.39, 0.29) is 0 Å². The first-order valence-corrected chi connectivity index (χ1v) is 16.2. The minimum absolute atomic E-state index is 1.15. The molecule has 10 rings (SSSR count). The lowest BCUT2D eigenvalue weighted by atomic mass is 10.0. The van der Waals surface area contributed by atoms with E-state index in [1.165, 1.54) is 74.9 Å². The fourth-order valence-electron chi connectivity index (χ4n) is 7.38. The summed E-state index contributed by atoms with van der Waals surface area (Å²) in [6.07, 6.45) is 0. The van der Waals surface area contributed by atoms with E-state index in [4.69, 9.17) is 0 Å². The zero-order valence-corrected chi connectivity index (χ0v) is 25.1. The molecule has 210 valence electrons. The molecule has 3 heteroatoms. The fraction of sp³-hybridized carbons (Fsp3) is 0. The average Bonchev–Trinajstić information content (AvgIpc) is 3.76. The van der Waals surface area contributed by atoms with Gasteiger partial charge in [0.25, 0.3) is 0 Å². The number of fused-ring (bicyclic) bond motifs is 9. The highest BCUT2D eigenvalue weighted by atomic mass is 32.1. The molecule has 7 aromatic carbocycles. The predicted molar refractivity (Wildman–Crippen MR) is 193 cm³/mol. The van der Waals surface area contributed by atoms with Crippen LogP contribution in [-0.2, 0) is 0 Å². The van der Waals surface area contributed by atoms with Crippen LogP contribution in [0.3, 0.4) is 0 Å². The number of hydrogen-bond donors (Lipinski definition) is 0. The van der Waals surface area contributed by atoms with E-state index < -0.39 is 0 Å². The predicted octanol–water partition coefficient (Wildman–Crippen LogP) is 11.9. The van der Waals surface area contributed by atoms with Crippen molar-refractivity contribution in [1.29, 1.82) is 0 Å². The van der Waals surface area contributed by atoms with Crippen molar-refractivity contribution >= 4 is 75.1 Å². The van der Waals surface area contributed by atoms with E-state index in [0.717, 1.165) is 11.4 Å². The molecule has 45 heavy (non-hydrogen) atoms. The van der Waals surface area contributed by atoms with E-state index in [2.05, 4.69) is 167 Å². The SMILES string of the molecule is c1ccc2c(c1)sc1c(-c3cc(-n4c5ccccc5c5ccccc54)cc(-n4c5ccccc5c5ccccc54)c3)cccc12. The maximum absolute atomic E-state index is 2.44. The molecular weight excluding hydrogens is 565 g/mol. The van der Waals surface area contributed by atoms with Crippen LogP contribution in [0.1, 0.15) is 0 Å². The van der Waals surface area contributed by atoms with Crippen molar-refractivity contribution < 1.29 is 0 Å². The van der Waals surface area contributed by atoms with Crippen LogP contribution in [0.4, 0.5) is 0 Å². The third kappa shape index (κ3) is 3.56. The summed E-state index contributed by atoms with van der Waals surface area (Å²) in [6.45, 7) is 0. The molecule has 2 nitrogen and oxygen atoms in total. The summed E-state index contributed by atoms with van der Waals surface area (Å²) < 4.78 is 7.53. The Hall–Kier alpha value is -5.64. The van der Waals surface area contributed by atoms with Gasteiger partial charge in [-0.15, -0.1) is 11.3 Å². The molecule has 0 N–H and O–H groups in total. The smallest absolute Gasteiger partial charge is 0.0541 e. The fourth-order valence-corrected chi connectivity index (χ4v) is 8.62. The summed E-state index contributed by atoms with van der Waals surface area (Å²) in [5, 5.41) is 7.70. The number of hydrogen-bond acceptors (Lipinski definition) is 1. The van der Waals surface area contributed by atoms with Crippen molar-refractivity contribution in [3.8, 4) is 22.5 Å². The minimum Gasteiger partial charge on any atom is -0.309 e. The van der Waals surface area contributed by atoms with Gasteiger partial charge in [-0.25, -0.2) is 0 Å². The van der Waals surface area contributed by atoms with Crippen LogP contribution in [0.25, 0.3) is 86.3 Å². The van der Waals surface area contributed by atoms with Gasteiger partial charge in [-0.2, -0.15) is 0 Å². The van der Waals surface area contributed by atoms with Crippen molar-refractivity contribution in [2.24, 2.45) is 0 Å². The summed E-state index contributed by atoms with van der Waals surface area (Å²) in [7, 11) is 0. The van der Waals surface area contributed by atoms with Gasteiger partial charge < -0.3 is 9.13 Å². The standard InChI is InChI=1S/C42H26N2S/c1-6-19-37-31(12-1)32-13-2-7-20-38(32)43(37)28-24-27(30-17-11-18-36-35-16-5-10-23-41(35)45-42(30)36)25-29(26-28)44-39-21-8-3-14-33(39)34-15-4-9-22-40(34)44/h1-26H. The molecule has 10 aromatic rings. The third-order valence-electron chi connectivity index (χ3n) is 9.29. The van der Waals surface area contributed by atoms with Crippen molar-refractivity contribution in [2.45, 2.75) is 0 Å². The lowest BCUT2D eigenvalue weighted by Crippen LogP contribution is -2.00. The molecular formula is C42H26N2S. The lowest BCUT2D eigenvalue weighted by molar-refractivity contribution is 1.13. The second kappa shape index (κ2) is 9.43. The Labute approximate surface area is 263 Å². The van der Waals surface area contributed by atoms with E-state index in [1.54, 1.807) is 0 Å². The summed E-state index contributed by atoms with van der Waals surface area (Å²) in [5.74, 6) is 0. The van der Waals surface area contributed by atoms with Gasteiger partial charge in [-0.3, -0.25) is 0 Å². The first-order chi connectivity index (χ1) is 22.3. The van der Waals surface area contributed by atoms with Crippen molar-refractivity contribution in [1.82, 2.24) is 9.13 Å². The number of para-hydroxylation sites is 4. The van der Waals surface area contributed by atoms with Gasteiger partial charge >= 0.3 is 0 Å². The first kappa shape index (κ1) is 24.8. The van der Waals surface area contributed by atoms with Crippen LogP contribution in [-0.4, -0.2) is 9.13 Å². The normalized spacial score (nSPS) is 12.0. The Bertz CT molecular complexity index is 2530. The van der Waals surface area contributed by atoms with Gasteiger partial charge in [0.15, 0.2) is 0 Å². The maximum Gasteiger partial charge on any atom is 0.0541 e. The van der Waals surface area contributed by atoms with Crippen molar-refractivity contribution in [2.75, 3.05) is 0 Å². The van der Waals surface area contributed by atoms with Crippen molar-refractivity contribution in [3.63, 3.8) is 0 Å². The molecule has 0 saturated heterocycles. The van der Waals surface area contributed by atoms with Gasteiger partial charge in [-0.1, -0.05) is 109 Å². The van der Waals surface area contributed by atoms with Crippen LogP contribution < -0.4 is 0 Å². The largest absolute Gasteiger partial charge is 0.309 e. The van der Waals surface area contributed by atoms with E-state index in [9.17, 15) is 0 Å². The number of rotatable bonds is 3. The number of nitrogens with zero attached hydrogens (tertiary/aromatic N) is 2. The molecule has 3 heterocycles. The highest BCUT2D eigenvalue weighted by Gasteiger charge is 2.18. The van der Waals surface area contributed by atoms with Crippen LogP contribution >= 0.6 is 11.3 Å². The van der Waals surface area contributed by atoms with E-state index >= 15 is 0 Å². The molecule has 0 saturated carbocycles. The lowest BCUT2D eigenvalue weighted by Gasteiger charge is -2.16. The summed E-state index contributed by atoms with van der Waals surface area (Å²) in [6, 6.07) is 57.8. The second-order valence-electron chi connectivity index (χ2n) is 11.8. The molecule has 0 radical (unpaired) electrons. The Morgan fingerprint density at radius 3 is 1.29 bits per heavy atom. The highest BCUT2D eigenvalue weighted by Crippen LogP contribution is 2.42.